The molecule has 2 aliphatic carbocycles. The van der Waals surface area contributed by atoms with E-state index in [9.17, 15) is 41.2 Å². The number of ether oxygens (including phenoxy) is 3. The number of nitriles is 1. The minimum atomic E-state index is -5.72. The van der Waals surface area contributed by atoms with Gasteiger partial charge in [0, 0.05) is 11.8 Å². The molecule has 0 amide bonds. The van der Waals surface area contributed by atoms with Gasteiger partial charge in [-0.1, -0.05) is 27.7 Å². The third-order valence-electron chi connectivity index (χ3n) is 7.40. The Bertz CT molecular complexity index is 851. The number of carbonyl (C=O) groups excluding carboxylic acids is 2. The second-order valence-corrected chi connectivity index (χ2v) is 10.3. The number of hydrogen-bond donors (Lipinski definition) is 0. The summed E-state index contributed by atoms with van der Waals surface area (Å²) in [6.07, 6.45) is -16.8. The number of fused-ring (bicyclic) bond motifs is 1. The lowest BCUT2D eigenvalue weighted by molar-refractivity contribution is -0.327. The lowest BCUT2D eigenvalue weighted by Gasteiger charge is -2.39. The Balaban J connectivity index is 1.86. The van der Waals surface area contributed by atoms with Gasteiger partial charge in [-0.25, -0.2) is 0 Å². The van der Waals surface area contributed by atoms with Crippen LogP contribution in [0.1, 0.15) is 47.0 Å². The molecule has 1 aliphatic heterocycles. The summed E-state index contributed by atoms with van der Waals surface area (Å²) in [5, 5.41) is 9.50. The van der Waals surface area contributed by atoms with Crippen molar-refractivity contribution in [2.45, 2.75) is 77.6 Å². The fraction of sp³-hybridized carbons (Fsp3) is 0.864. The van der Waals surface area contributed by atoms with Crippen molar-refractivity contribution in [1.29, 1.82) is 5.26 Å². The van der Waals surface area contributed by atoms with Gasteiger partial charge in [-0.05, 0) is 31.1 Å². The van der Waals surface area contributed by atoms with Crippen molar-refractivity contribution in [3.63, 3.8) is 0 Å². The van der Waals surface area contributed by atoms with Gasteiger partial charge < -0.3 is 14.2 Å². The van der Waals surface area contributed by atoms with Crippen LogP contribution >= 0.6 is 0 Å². The summed E-state index contributed by atoms with van der Waals surface area (Å²) in [4.78, 5) is 25.7. The number of alkyl halides is 6. The lowest BCUT2D eigenvalue weighted by Crippen LogP contribution is -2.51. The third kappa shape index (κ3) is 4.25. The van der Waals surface area contributed by atoms with Crippen molar-refractivity contribution in [3.8, 4) is 6.07 Å². The average Bonchev–Trinajstić information content (AvgIpc) is 3.26. The molecule has 0 aromatic rings. The molecule has 3 aliphatic rings. The molecule has 0 aromatic carbocycles. The number of esters is 2. The monoisotopic (exact) mass is 499 g/mol. The summed E-state index contributed by atoms with van der Waals surface area (Å²) in [6.45, 7) is 5.19. The predicted octanol–water partition coefficient (Wildman–Crippen LogP) is 4.57. The molecule has 2 saturated carbocycles. The molecule has 1 heterocycles. The van der Waals surface area contributed by atoms with Crippen LogP contribution in [0, 0.1) is 45.8 Å². The topological polar surface area (TPSA) is 85.6 Å². The van der Waals surface area contributed by atoms with Gasteiger partial charge >= 0.3 is 24.3 Å². The lowest BCUT2D eigenvalue weighted by atomic mass is 9.71. The molecule has 2 bridgehead atoms. The Hall–Kier alpha value is -2.03. The zero-order valence-electron chi connectivity index (χ0n) is 19.1. The molecule has 6 unspecified atom stereocenters. The average molecular weight is 499 g/mol. The van der Waals surface area contributed by atoms with E-state index >= 15 is 0 Å². The van der Waals surface area contributed by atoms with Gasteiger partial charge in [0.15, 0.2) is 5.41 Å². The van der Waals surface area contributed by atoms with Crippen LogP contribution < -0.4 is 0 Å². The van der Waals surface area contributed by atoms with Crippen LogP contribution in [0.4, 0.5) is 26.3 Å². The van der Waals surface area contributed by atoms with Gasteiger partial charge in [0.1, 0.15) is 12.2 Å². The quantitative estimate of drug-likeness (QED) is 0.359. The molecule has 3 rings (SSSR count). The molecule has 6 atom stereocenters. The first-order valence-electron chi connectivity index (χ1n) is 11.1. The van der Waals surface area contributed by atoms with Gasteiger partial charge in [-0.3, -0.25) is 9.59 Å². The van der Waals surface area contributed by atoms with Crippen LogP contribution in [0.5, 0.6) is 0 Å². The molecule has 1 saturated heterocycles. The van der Waals surface area contributed by atoms with Crippen LogP contribution in [0.3, 0.4) is 0 Å². The fourth-order valence-corrected chi connectivity index (χ4v) is 5.70. The van der Waals surface area contributed by atoms with Crippen LogP contribution in [-0.4, -0.2) is 49.2 Å². The van der Waals surface area contributed by atoms with Crippen molar-refractivity contribution in [1.82, 2.24) is 0 Å². The van der Waals surface area contributed by atoms with Gasteiger partial charge in [0.05, 0.1) is 18.1 Å². The Morgan fingerprint density at radius 3 is 2.24 bits per heavy atom. The summed E-state index contributed by atoms with van der Waals surface area (Å²) in [5.41, 5.74) is -3.10. The van der Waals surface area contributed by atoms with E-state index in [2.05, 4.69) is 4.74 Å². The number of hydrogen-bond acceptors (Lipinski definition) is 6. The maximum atomic E-state index is 13.4. The van der Waals surface area contributed by atoms with E-state index in [1.807, 2.05) is 6.07 Å². The first kappa shape index (κ1) is 26.6. The molecule has 0 N–H and O–H groups in total. The van der Waals surface area contributed by atoms with Gasteiger partial charge in [0.2, 0.25) is 6.10 Å². The molecule has 192 valence electrons. The second-order valence-electron chi connectivity index (χ2n) is 10.3. The molecule has 0 radical (unpaired) electrons. The number of carbonyl (C=O) groups is 2. The third-order valence-corrected chi connectivity index (χ3v) is 7.40. The maximum absolute atomic E-state index is 13.4. The molecular formula is C22H27F6NO5. The minimum Gasteiger partial charge on any atom is -0.458 e. The summed E-state index contributed by atoms with van der Waals surface area (Å²) >= 11 is 0. The van der Waals surface area contributed by atoms with E-state index in [-0.39, 0.29) is 24.7 Å². The zero-order valence-corrected chi connectivity index (χ0v) is 19.1. The molecule has 6 nitrogen and oxygen atoms in total. The Morgan fingerprint density at radius 1 is 1.18 bits per heavy atom. The molecule has 3 fully saturated rings. The van der Waals surface area contributed by atoms with Crippen LogP contribution in [-0.2, 0) is 23.8 Å². The maximum Gasteiger partial charge on any atom is 0.423 e. The molecule has 12 heteroatoms. The van der Waals surface area contributed by atoms with Gasteiger partial charge in [-0.15, -0.1) is 0 Å². The normalized spacial score (nSPS) is 32.3. The van der Waals surface area contributed by atoms with E-state index in [1.54, 1.807) is 13.8 Å². The van der Waals surface area contributed by atoms with Gasteiger partial charge in [0.25, 0.3) is 0 Å². The number of halogens is 6. The predicted molar refractivity (Wildman–Crippen MR) is 103 cm³/mol. The van der Waals surface area contributed by atoms with E-state index in [0.717, 1.165) is 0 Å². The SMILES string of the molecule is CC(C)CC(COC(C(F)(F)F)C(F)(F)F)(C(=O)OC1C2CC3C1OC(=O)C3(C#N)C2)C(C)C. The van der Waals surface area contributed by atoms with E-state index < -0.39 is 71.9 Å². The first-order chi connectivity index (χ1) is 15.5. The highest BCUT2D eigenvalue weighted by molar-refractivity contribution is 5.85. The van der Waals surface area contributed by atoms with Crippen molar-refractivity contribution >= 4 is 11.9 Å². The van der Waals surface area contributed by atoms with Crippen molar-refractivity contribution in [2.75, 3.05) is 6.61 Å². The Morgan fingerprint density at radius 2 is 1.76 bits per heavy atom. The molecule has 0 spiro atoms. The second kappa shape index (κ2) is 8.57. The van der Waals surface area contributed by atoms with Crippen LogP contribution in [0.25, 0.3) is 0 Å². The largest absolute Gasteiger partial charge is 0.458 e. The molecular weight excluding hydrogens is 472 g/mol. The van der Waals surface area contributed by atoms with Crippen molar-refractivity contribution in [3.05, 3.63) is 0 Å². The number of rotatable bonds is 8. The van der Waals surface area contributed by atoms with E-state index in [0.29, 0.717) is 6.42 Å². The fourth-order valence-electron chi connectivity index (χ4n) is 5.70. The van der Waals surface area contributed by atoms with Gasteiger partial charge in [-0.2, -0.15) is 31.6 Å². The molecule has 34 heavy (non-hydrogen) atoms. The summed E-state index contributed by atoms with van der Waals surface area (Å²) in [5.74, 6) is -3.54. The van der Waals surface area contributed by atoms with Crippen LogP contribution in [0.2, 0.25) is 0 Å². The first-order valence-corrected chi connectivity index (χ1v) is 11.1. The zero-order chi connectivity index (χ0) is 25.9. The smallest absolute Gasteiger partial charge is 0.423 e. The summed E-state index contributed by atoms with van der Waals surface area (Å²) in [7, 11) is 0. The molecule has 0 aromatic heterocycles. The standard InChI is InChI=1S/C22H27F6NO5/c1-10(2)6-20(11(3)4,9-32-16(21(23,24)25)22(26,27)28)18(31)33-14-12-5-13-15(14)34-17(30)19(13,7-12)8-29/h10-16H,5-7,9H2,1-4H3. The number of nitrogens with zero attached hydrogens (tertiary/aromatic N) is 1. The highest BCUT2D eigenvalue weighted by Crippen LogP contribution is 2.62. The van der Waals surface area contributed by atoms with E-state index in [1.165, 1.54) is 13.8 Å². The summed E-state index contributed by atoms with van der Waals surface area (Å²) in [6, 6.07) is 2.01. The van der Waals surface area contributed by atoms with E-state index in [4.69, 9.17) is 9.47 Å². The highest BCUT2D eigenvalue weighted by Gasteiger charge is 2.72. The minimum absolute atomic E-state index is 0.0840. The summed E-state index contributed by atoms with van der Waals surface area (Å²) < 4.78 is 93.7. The Labute approximate surface area is 192 Å². The van der Waals surface area contributed by atoms with Crippen LogP contribution in [0.15, 0.2) is 0 Å². The Kier molecular flexibility index (Phi) is 6.70. The highest BCUT2D eigenvalue weighted by atomic mass is 19.4. The van der Waals surface area contributed by atoms with Crippen molar-refractivity contribution in [2.24, 2.45) is 34.5 Å². The van der Waals surface area contributed by atoms with Crippen molar-refractivity contribution < 1.29 is 50.1 Å².